The Morgan fingerprint density at radius 1 is 1.21 bits per heavy atom. The van der Waals surface area contributed by atoms with E-state index in [1.54, 1.807) is 0 Å². The third kappa shape index (κ3) is 4.37. The molecule has 1 spiro atoms. The van der Waals surface area contributed by atoms with Crippen molar-refractivity contribution in [2.45, 2.75) is 67.7 Å². The highest BCUT2D eigenvalue weighted by Gasteiger charge is 2.67. The Bertz CT molecular complexity index is 1020. The smallest absolute Gasteiger partial charge is 0.291 e. The molecule has 1 aliphatic heterocycles. The third-order valence-corrected chi connectivity index (χ3v) is 9.58. The number of fused-ring (bicyclic) bond motifs is 1. The van der Waals surface area contributed by atoms with Crippen molar-refractivity contribution < 1.29 is 14.1 Å². The molecule has 1 aromatic heterocycles. The van der Waals surface area contributed by atoms with Crippen LogP contribution >= 0.6 is 11.8 Å². The summed E-state index contributed by atoms with van der Waals surface area (Å²) >= 11 is 1.49. The van der Waals surface area contributed by atoms with Crippen molar-refractivity contribution in [1.29, 1.82) is 0 Å². The van der Waals surface area contributed by atoms with Crippen molar-refractivity contribution in [3.05, 3.63) is 36.1 Å². The zero-order chi connectivity index (χ0) is 23.1. The molecular weight excluding hydrogens is 446 g/mol. The summed E-state index contributed by atoms with van der Waals surface area (Å²) in [4.78, 5) is 17.6. The number of carbonyl (C=O) groups is 1. The molecule has 1 N–H and O–H groups in total. The van der Waals surface area contributed by atoms with E-state index in [9.17, 15) is 4.79 Å². The van der Waals surface area contributed by atoms with E-state index in [2.05, 4.69) is 22.3 Å². The normalized spacial score (nSPS) is 32.3. The Morgan fingerprint density at radius 2 is 2.03 bits per heavy atom. The van der Waals surface area contributed by atoms with Gasteiger partial charge in [0.15, 0.2) is 0 Å². The van der Waals surface area contributed by atoms with Crippen LogP contribution in [-0.2, 0) is 0 Å². The van der Waals surface area contributed by atoms with E-state index >= 15 is 0 Å². The second kappa shape index (κ2) is 9.23. The standard InChI is InChI=1S/C27H35N3O3S/c1-18-14-19-16-27(15-18)17-21(27)22(19)28-25(31)23-24(34-20-8-4-2-5-9-20)26(29-33-23)32-13-12-30-10-6-3-7-11-30/h2,4-5,8-9,18-19,21-22H,3,6-7,10-17H2,1H3,(H,28,31). The number of carbonyl (C=O) groups excluding carboxylic acids is 1. The maximum atomic E-state index is 13.5. The molecule has 3 aliphatic carbocycles. The van der Waals surface area contributed by atoms with Crippen LogP contribution < -0.4 is 10.1 Å². The van der Waals surface area contributed by atoms with Crippen molar-refractivity contribution in [2.75, 3.05) is 26.2 Å². The highest BCUT2D eigenvalue weighted by molar-refractivity contribution is 7.99. The number of amides is 1. The van der Waals surface area contributed by atoms with Crippen LogP contribution in [0.15, 0.2) is 44.6 Å². The van der Waals surface area contributed by atoms with E-state index in [1.807, 2.05) is 30.3 Å². The Hall–Kier alpha value is -1.99. The maximum absolute atomic E-state index is 13.5. The first-order valence-corrected chi connectivity index (χ1v) is 13.8. The van der Waals surface area contributed by atoms with Crippen LogP contribution in [0.1, 0.15) is 62.4 Å². The number of nitrogens with one attached hydrogen (secondary N) is 1. The summed E-state index contributed by atoms with van der Waals surface area (Å²) in [5.41, 5.74) is 0.506. The Kier molecular flexibility index (Phi) is 6.10. The highest BCUT2D eigenvalue weighted by atomic mass is 32.2. The predicted octanol–water partition coefficient (Wildman–Crippen LogP) is 5.25. The lowest BCUT2D eigenvalue weighted by atomic mass is 9.77. The number of benzene rings is 1. The summed E-state index contributed by atoms with van der Waals surface area (Å²) < 4.78 is 11.7. The minimum absolute atomic E-state index is 0.149. The molecule has 34 heavy (non-hydrogen) atoms. The van der Waals surface area contributed by atoms with E-state index in [-0.39, 0.29) is 17.7 Å². The number of piperidine rings is 1. The quantitative estimate of drug-likeness (QED) is 0.556. The van der Waals surface area contributed by atoms with E-state index in [0.29, 0.717) is 34.6 Å². The Labute approximate surface area is 206 Å². The van der Waals surface area contributed by atoms with Gasteiger partial charge in [0, 0.05) is 17.5 Å². The van der Waals surface area contributed by atoms with Crippen molar-refractivity contribution in [3.8, 4) is 5.88 Å². The zero-order valence-corrected chi connectivity index (χ0v) is 20.8. The topological polar surface area (TPSA) is 67.6 Å². The summed E-state index contributed by atoms with van der Waals surface area (Å²) in [7, 11) is 0. The zero-order valence-electron chi connectivity index (χ0n) is 20.0. The highest BCUT2D eigenvalue weighted by Crippen LogP contribution is 2.71. The van der Waals surface area contributed by atoms with E-state index in [0.717, 1.165) is 30.4 Å². The minimum Gasteiger partial charge on any atom is -0.473 e. The van der Waals surface area contributed by atoms with Crippen molar-refractivity contribution in [3.63, 3.8) is 0 Å². The molecule has 3 saturated carbocycles. The maximum Gasteiger partial charge on any atom is 0.291 e. The number of ether oxygens (including phenoxy) is 1. The lowest BCUT2D eigenvalue weighted by Gasteiger charge is -2.31. The summed E-state index contributed by atoms with van der Waals surface area (Å²) in [5.74, 6) is 2.56. The molecule has 4 fully saturated rings. The van der Waals surface area contributed by atoms with Crippen LogP contribution in [0, 0.1) is 23.2 Å². The van der Waals surface area contributed by atoms with Gasteiger partial charge in [-0.05, 0) is 92.1 Å². The van der Waals surface area contributed by atoms with Gasteiger partial charge < -0.3 is 14.6 Å². The van der Waals surface area contributed by atoms with Crippen LogP contribution in [0.25, 0.3) is 0 Å². The second-order valence-electron chi connectivity index (χ2n) is 11.0. The van der Waals surface area contributed by atoms with Gasteiger partial charge in [0.1, 0.15) is 11.5 Å². The lowest BCUT2D eigenvalue weighted by Crippen LogP contribution is -2.40. The summed E-state index contributed by atoms with van der Waals surface area (Å²) in [6, 6.07) is 10.3. The number of aromatic nitrogens is 1. The van der Waals surface area contributed by atoms with Gasteiger partial charge in [-0.2, -0.15) is 0 Å². The van der Waals surface area contributed by atoms with Gasteiger partial charge in [0.25, 0.3) is 11.8 Å². The van der Waals surface area contributed by atoms with E-state index in [1.165, 1.54) is 56.7 Å². The minimum atomic E-state index is -0.149. The molecule has 1 aromatic carbocycles. The molecule has 6 rings (SSSR count). The molecule has 5 atom stereocenters. The fraction of sp³-hybridized carbons (Fsp3) is 0.630. The molecule has 1 saturated heterocycles. The van der Waals surface area contributed by atoms with Gasteiger partial charge in [0.2, 0.25) is 5.76 Å². The molecule has 2 heterocycles. The molecule has 6 nitrogen and oxygen atoms in total. The summed E-state index contributed by atoms with van der Waals surface area (Å²) in [6.07, 6.45) is 8.92. The number of likely N-dealkylation sites (tertiary alicyclic amines) is 1. The molecule has 1 amide bonds. The van der Waals surface area contributed by atoms with Crippen LogP contribution in [0.2, 0.25) is 0 Å². The Morgan fingerprint density at radius 3 is 2.85 bits per heavy atom. The number of hydrogen-bond donors (Lipinski definition) is 1. The van der Waals surface area contributed by atoms with Gasteiger partial charge >= 0.3 is 0 Å². The molecule has 2 bridgehead atoms. The van der Waals surface area contributed by atoms with Crippen LogP contribution in [0.3, 0.4) is 0 Å². The lowest BCUT2D eigenvalue weighted by molar-refractivity contribution is 0.0872. The summed E-state index contributed by atoms with van der Waals surface area (Å²) in [6.45, 7) is 6.04. The molecule has 2 aromatic rings. The van der Waals surface area contributed by atoms with Crippen LogP contribution in [0.4, 0.5) is 0 Å². The molecule has 182 valence electrons. The largest absolute Gasteiger partial charge is 0.473 e. The molecular formula is C27H35N3O3S. The average Bonchev–Trinajstić information content (AvgIpc) is 3.27. The van der Waals surface area contributed by atoms with Gasteiger partial charge in [0.05, 0.1) is 0 Å². The molecule has 0 radical (unpaired) electrons. The summed E-state index contributed by atoms with van der Waals surface area (Å²) in [5, 5.41) is 7.57. The van der Waals surface area contributed by atoms with Gasteiger partial charge in [-0.25, -0.2) is 0 Å². The van der Waals surface area contributed by atoms with Gasteiger partial charge in [-0.1, -0.05) is 43.3 Å². The first-order chi connectivity index (χ1) is 16.6. The van der Waals surface area contributed by atoms with Crippen molar-refractivity contribution in [1.82, 2.24) is 15.4 Å². The molecule has 5 unspecified atom stereocenters. The first-order valence-electron chi connectivity index (χ1n) is 13.0. The van der Waals surface area contributed by atoms with E-state index in [4.69, 9.17) is 9.26 Å². The second-order valence-corrected chi connectivity index (χ2v) is 12.1. The SMILES string of the molecule is CC1CC2CC3(C1)CC3C2NC(=O)c1onc(OCCN2CCCCC2)c1Sc1ccccc1. The first kappa shape index (κ1) is 22.5. The van der Waals surface area contributed by atoms with Crippen LogP contribution in [0.5, 0.6) is 5.88 Å². The number of rotatable bonds is 8. The van der Waals surface area contributed by atoms with Crippen molar-refractivity contribution in [2.24, 2.45) is 23.2 Å². The van der Waals surface area contributed by atoms with Crippen LogP contribution in [-0.4, -0.2) is 48.2 Å². The molecule has 4 aliphatic rings. The van der Waals surface area contributed by atoms with E-state index < -0.39 is 0 Å². The van der Waals surface area contributed by atoms with Gasteiger partial charge in [-0.3, -0.25) is 9.69 Å². The average molecular weight is 482 g/mol. The monoisotopic (exact) mass is 481 g/mol. The third-order valence-electron chi connectivity index (χ3n) is 8.51. The number of hydrogen-bond acceptors (Lipinski definition) is 6. The number of nitrogens with zero attached hydrogens (tertiary/aromatic N) is 2. The van der Waals surface area contributed by atoms with Crippen molar-refractivity contribution >= 4 is 17.7 Å². The van der Waals surface area contributed by atoms with Gasteiger partial charge in [-0.15, -0.1) is 0 Å². The molecule has 7 heteroatoms. The fourth-order valence-electron chi connectivity index (χ4n) is 7.03. The Balaban J connectivity index is 1.17. The predicted molar refractivity (Wildman–Crippen MR) is 131 cm³/mol. The fourth-order valence-corrected chi connectivity index (χ4v) is 7.97.